The lowest BCUT2D eigenvalue weighted by molar-refractivity contribution is -0.133. The lowest BCUT2D eigenvalue weighted by atomic mass is 10.1. The number of carbonyl (C=O) groups excluding carboxylic acids is 1. The molecule has 2 aliphatic rings. The lowest BCUT2D eigenvalue weighted by Crippen LogP contribution is -2.25. The quantitative estimate of drug-likeness (QED) is 0.800. The van der Waals surface area contributed by atoms with Crippen LogP contribution in [-0.4, -0.2) is 44.4 Å². The molecule has 6 heteroatoms. The van der Waals surface area contributed by atoms with E-state index in [0.29, 0.717) is 23.0 Å². The molecule has 2 heterocycles. The van der Waals surface area contributed by atoms with Crippen LogP contribution < -0.4 is 9.47 Å². The third kappa shape index (κ3) is 3.21. The average Bonchev–Trinajstić information content (AvgIpc) is 2.79. The summed E-state index contributed by atoms with van der Waals surface area (Å²) >= 11 is 0. The van der Waals surface area contributed by atoms with Gasteiger partial charge in [0.1, 0.15) is 0 Å². The molecule has 0 radical (unpaired) electrons. The lowest BCUT2D eigenvalue weighted by Gasteiger charge is -2.08. The summed E-state index contributed by atoms with van der Waals surface area (Å²) in [7, 11) is 3.14. The molecule has 0 aliphatic carbocycles. The van der Waals surface area contributed by atoms with Crippen LogP contribution in [0.4, 0.5) is 0 Å². The van der Waals surface area contributed by atoms with Crippen LogP contribution in [0.3, 0.4) is 0 Å². The Bertz CT molecular complexity index is 667. The molecule has 3 rings (SSSR count). The molecular formula is C17H20N2O4. The van der Waals surface area contributed by atoms with Gasteiger partial charge in [-0.1, -0.05) is 6.42 Å². The van der Waals surface area contributed by atoms with Crippen molar-refractivity contribution < 1.29 is 19.0 Å². The fraction of sp³-hybridized carbons (Fsp3) is 0.471. The minimum atomic E-state index is -0.601. The maximum atomic E-state index is 12.2. The maximum Gasteiger partial charge on any atom is 0.343 e. The number of nitrogens with zero attached hydrogens (tertiary/aromatic N) is 2. The van der Waals surface area contributed by atoms with Gasteiger partial charge in [0.25, 0.3) is 0 Å². The Morgan fingerprint density at radius 1 is 1.13 bits per heavy atom. The maximum absolute atomic E-state index is 12.2. The third-order valence-electron chi connectivity index (χ3n) is 4.02. The van der Waals surface area contributed by atoms with E-state index >= 15 is 0 Å². The van der Waals surface area contributed by atoms with Crippen LogP contribution in [0.25, 0.3) is 0 Å². The molecule has 1 aromatic carbocycles. The van der Waals surface area contributed by atoms with Crippen molar-refractivity contribution in [2.24, 2.45) is 9.98 Å². The van der Waals surface area contributed by atoms with Gasteiger partial charge in [-0.2, -0.15) is 0 Å². The Morgan fingerprint density at radius 2 is 1.96 bits per heavy atom. The molecule has 122 valence electrons. The first-order chi connectivity index (χ1) is 11.2. The second kappa shape index (κ2) is 6.81. The van der Waals surface area contributed by atoms with Gasteiger partial charge in [-0.25, -0.2) is 9.79 Å². The van der Waals surface area contributed by atoms with Gasteiger partial charge in [-0.3, -0.25) is 4.99 Å². The highest BCUT2D eigenvalue weighted by Gasteiger charge is 2.34. The summed E-state index contributed by atoms with van der Waals surface area (Å²) in [6, 6.07) is 4.71. The van der Waals surface area contributed by atoms with Gasteiger partial charge >= 0.3 is 5.97 Å². The summed E-state index contributed by atoms with van der Waals surface area (Å²) in [5.41, 5.74) is 1.52. The molecule has 0 bridgehead atoms. The fourth-order valence-electron chi connectivity index (χ4n) is 2.78. The number of ether oxygens (including phenoxy) is 3. The predicted molar refractivity (Wildman–Crippen MR) is 86.7 cm³/mol. The number of hydrogen-bond donors (Lipinski definition) is 0. The Hall–Kier alpha value is -2.37. The van der Waals surface area contributed by atoms with Crippen LogP contribution >= 0.6 is 0 Å². The Kier molecular flexibility index (Phi) is 4.60. The molecular weight excluding hydrogens is 296 g/mol. The molecule has 23 heavy (non-hydrogen) atoms. The first-order valence-corrected chi connectivity index (χ1v) is 7.78. The molecule has 1 atom stereocenters. The van der Waals surface area contributed by atoms with Crippen LogP contribution in [0.2, 0.25) is 0 Å². The second-order valence-electron chi connectivity index (χ2n) is 5.51. The number of esters is 1. The number of cyclic esters (lactones) is 1. The van der Waals surface area contributed by atoms with Gasteiger partial charge in [0, 0.05) is 17.8 Å². The molecule has 2 aliphatic heterocycles. The number of carbonyl (C=O) groups is 1. The third-order valence-corrected chi connectivity index (χ3v) is 4.02. The number of rotatable bonds is 4. The van der Waals surface area contributed by atoms with E-state index in [-0.39, 0.29) is 5.97 Å². The van der Waals surface area contributed by atoms with Crippen molar-refractivity contribution in [2.75, 3.05) is 20.8 Å². The summed E-state index contributed by atoms with van der Waals surface area (Å²) in [5, 5.41) is 0. The van der Waals surface area contributed by atoms with E-state index in [1.807, 2.05) is 0 Å². The van der Waals surface area contributed by atoms with E-state index < -0.39 is 6.04 Å². The average molecular weight is 316 g/mol. The number of hydrogen-bond acceptors (Lipinski definition) is 6. The molecule has 0 saturated carbocycles. The molecule has 1 aromatic rings. The van der Waals surface area contributed by atoms with Gasteiger partial charge in [-0.05, 0) is 37.5 Å². The van der Waals surface area contributed by atoms with Crippen molar-refractivity contribution in [2.45, 2.75) is 31.7 Å². The zero-order valence-corrected chi connectivity index (χ0v) is 13.4. The van der Waals surface area contributed by atoms with Crippen LogP contribution in [0, 0.1) is 0 Å². The highest BCUT2D eigenvalue weighted by molar-refractivity contribution is 6.16. The molecule has 0 N–H and O–H groups in total. The zero-order chi connectivity index (χ0) is 16.2. The molecule has 0 fully saturated rings. The summed E-state index contributed by atoms with van der Waals surface area (Å²) < 4.78 is 15.9. The van der Waals surface area contributed by atoms with Gasteiger partial charge in [0.15, 0.2) is 17.5 Å². The second-order valence-corrected chi connectivity index (χ2v) is 5.51. The first kappa shape index (κ1) is 15.5. The fourth-order valence-corrected chi connectivity index (χ4v) is 2.78. The number of benzene rings is 1. The largest absolute Gasteiger partial charge is 0.493 e. The van der Waals surface area contributed by atoms with Crippen molar-refractivity contribution in [3.05, 3.63) is 23.8 Å². The highest BCUT2D eigenvalue weighted by atomic mass is 16.6. The summed E-state index contributed by atoms with van der Waals surface area (Å²) in [4.78, 5) is 21.1. The summed E-state index contributed by atoms with van der Waals surface area (Å²) in [6.45, 7) is 0.764. The minimum absolute atomic E-state index is 0.313. The Balaban J connectivity index is 1.87. The van der Waals surface area contributed by atoms with Crippen molar-refractivity contribution in [3.63, 3.8) is 0 Å². The molecule has 0 aromatic heterocycles. The van der Waals surface area contributed by atoms with Crippen molar-refractivity contribution in [3.8, 4) is 11.5 Å². The van der Waals surface area contributed by atoms with E-state index in [2.05, 4.69) is 9.98 Å². The number of aliphatic imine (C=N–C) groups is 2. The highest BCUT2D eigenvalue weighted by Crippen LogP contribution is 2.29. The van der Waals surface area contributed by atoms with Gasteiger partial charge in [0.2, 0.25) is 5.90 Å². The van der Waals surface area contributed by atoms with E-state index in [0.717, 1.165) is 37.9 Å². The van der Waals surface area contributed by atoms with E-state index in [1.54, 1.807) is 32.4 Å². The van der Waals surface area contributed by atoms with Gasteiger partial charge < -0.3 is 14.2 Å². The standard InChI is InChI=1S/C17H20N2O4/c1-21-13-8-7-11(10-14(13)22-2)16-19-15(17(20)23-16)12-6-4-3-5-9-18-12/h7-8,10,15H,3-6,9H2,1-2H3/t15-/m1/s1. The SMILES string of the molecule is COc1ccc(C2=N[C@H](C3=NCCCCC3)C(=O)O2)cc1OC. The predicted octanol–water partition coefficient (Wildman–Crippen LogP) is 2.39. The topological polar surface area (TPSA) is 69.5 Å². The molecule has 6 nitrogen and oxygen atoms in total. The van der Waals surface area contributed by atoms with Gasteiger partial charge in [-0.15, -0.1) is 0 Å². The molecule has 0 unspecified atom stereocenters. The van der Waals surface area contributed by atoms with E-state index in [1.165, 1.54) is 0 Å². The zero-order valence-electron chi connectivity index (χ0n) is 13.4. The molecule has 0 saturated heterocycles. The van der Waals surface area contributed by atoms with Crippen LogP contribution in [-0.2, 0) is 9.53 Å². The van der Waals surface area contributed by atoms with Crippen LogP contribution in [0.15, 0.2) is 28.2 Å². The van der Waals surface area contributed by atoms with Crippen molar-refractivity contribution in [1.29, 1.82) is 0 Å². The van der Waals surface area contributed by atoms with Crippen LogP contribution in [0.5, 0.6) is 11.5 Å². The van der Waals surface area contributed by atoms with Crippen LogP contribution in [0.1, 0.15) is 31.2 Å². The summed E-state index contributed by atoms with van der Waals surface area (Å²) in [6.07, 6.45) is 4.06. The summed E-state index contributed by atoms with van der Waals surface area (Å²) in [5.74, 6) is 1.15. The minimum Gasteiger partial charge on any atom is -0.493 e. The first-order valence-electron chi connectivity index (χ1n) is 7.78. The normalized spacial score (nSPS) is 21.1. The van der Waals surface area contributed by atoms with Crippen molar-refractivity contribution >= 4 is 17.6 Å². The van der Waals surface area contributed by atoms with Gasteiger partial charge in [0.05, 0.1) is 14.2 Å². The van der Waals surface area contributed by atoms with E-state index in [4.69, 9.17) is 14.2 Å². The molecule has 0 amide bonds. The Morgan fingerprint density at radius 3 is 2.74 bits per heavy atom. The number of methoxy groups -OCH3 is 2. The smallest absolute Gasteiger partial charge is 0.343 e. The molecule has 0 spiro atoms. The monoisotopic (exact) mass is 316 g/mol. The Labute approximate surface area is 135 Å². The van der Waals surface area contributed by atoms with E-state index in [9.17, 15) is 4.79 Å². The van der Waals surface area contributed by atoms with Crippen molar-refractivity contribution in [1.82, 2.24) is 0 Å².